The first-order valence-corrected chi connectivity index (χ1v) is 4.30. The molecule has 1 rings (SSSR count). The average Bonchev–Trinajstić information content (AvgIpc) is 2.04. The molecule has 0 saturated carbocycles. The predicted molar refractivity (Wildman–Crippen MR) is 49.1 cm³/mol. The summed E-state index contributed by atoms with van der Waals surface area (Å²) in [5.74, 6) is -0.0149. The number of benzene rings is 1. The van der Waals surface area contributed by atoms with Crippen LogP contribution in [0.25, 0.3) is 0 Å². The van der Waals surface area contributed by atoms with Crippen molar-refractivity contribution in [3.05, 3.63) is 35.1 Å². The summed E-state index contributed by atoms with van der Waals surface area (Å²) in [5.41, 5.74) is 3.44. The van der Waals surface area contributed by atoms with Gasteiger partial charge in [0.2, 0.25) is 0 Å². The third-order valence-electron chi connectivity index (χ3n) is 1.97. The van der Waals surface area contributed by atoms with Crippen LogP contribution in [0.15, 0.2) is 18.2 Å². The van der Waals surface area contributed by atoms with E-state index in [2.05, 4.69) is 0 Å². The Kier molecular flexibility index (Phi) is 3.39. The lowest BCUT2D eigenvalue weighted by Gasteiger charge is -2.08. The summed E-state index contributed by atoms with van der Waals surface area (Å²) >= 11 is 0. The minimum atomic E-state index is -0.206. The molecule has 0 radical (unpaired) electrons. The molecule has 0 aliphatic heterocycles. The van der Waals surface area contributed by atoms with Gasteiger partial charge in [0, 0.05) is 6.54 Å². The van der Waals surface area contributed by atoms with Gasteiger partial charge in [-0.1, -0.05) is 26.0 Å². The number of rotatable bonds is 3. The topological polar surface area (TPSA) is 32.3 Å². The van der Waals surface area contributed by atoms with Crippen LogP contribution < -0.4 is 5.48 Å². The standard InChI is InChI=1S/C10H14FNO/c1-7(2)9-4-3-8(6-12-13)5-10(9)11/h3-5,7,12-13H,6H2,1-2H3. The minimum absolute atomic E-state index is 0.191. The maximum absolute atomic E-state index is 13.3. The van der Waals surface area contributed by atoms with Gasteiger partial charge in [0.05, 0.1) is 0 Å². The van der Waals surface area contributed by atoms with Crippen molar-refractivity contribution in [1.29, 1.82) is 0 Å². The zero-order valence-electron chi connectivity index (χ0n) is 7.84. The molecule has 72 valence electrons. The molecule has 0 fully saturated rings. The summed E-state index contributed by atoms with van der Waals surface area (Å²) in [6.45, 7) is 4.17. The van der Waals surface area contributed by atoms with E-state index in [4.69, 9.17) is 5.21 Å². The van der Waals surface area contributed by atoms with Crippen LogP contribution in [0.4, 0.5) is 4.39 Å². The van der Waals surface area contributed by atoms with E-state index in [1.54, 1.807) is 6.07 Å². The Morgan fingerprint density at radius 2 is 2.15 bits per heavy atom. The Morgan fingerprint density at radius 3 is 2.62 bits per heavy atom. The molecule has 0 aliphatic rings. The van der Waals surface area contributed by atoms with E-state index in [1.807, 2.05) is 25.4 Å². The highest BCUT2D eigenvalue weighted by molar-refractivity contribution is 5.26. The zero-order valence-corrected chi connectivity index (χ0v) is 7.84. The summed E-state index contributed by atoms with van der Waals surface area (Å²) in [5, 5.41) is 8.42. The fraction of sp³-hybridized carbons (Fsp3) is 0.400. The molecule has 0 unspecified atom stereocenters. The lowest BCUT2D eigenvalue weighted by molar-refractivity contribution is 0.161. The second-order valence-corrected chi connectivity index (χ2v) is 3.35. The van der Waals surface area contributed by atoms with E-state index in [0.29, 0.717) is 5.56 Å². The molecule has 0 aromatic heterocycles. The van der Waals surface area contributed by atoms with Crippen LogP contribution >= 0.6 is 0 Å². The first kappa shape index (κ1) is 10.2. The van der Waals surface area contributed by atoms with Crippen molar-refractivity contribution < 1.29 is 9.60 Å². The van der Waals surface area contributed by atoms with Gasteiger partial charge in [0.15, 0.2) is 0 Å². The summed E-state index contributed by atoms with van der Waals surface area (Å²) in [7, 11) is 0. The van der Waals surface area contributed by atoms with Crippen molar-refractivity contribution >= 4 is 0 Å². The fourth-order valence-electron chi connectivity index (χ4n) is 1.24. The van der Waals surface area contributed by atoms with Gasteiger partial charge in [-0.05, 0) is 23.1 Å². The summed E-state index contributed by atoms with van der Waals surface area (Å²) in [6.07, 6.45) is 0. The van der Waals surface area contributed by atoms with Crippen LogP contribution in [0.3, 0.4) is 0 Å². The van der Waals surface area contributed by atoms with Gasteiger partial charge in [0.1, 0.15) is 5.82 Å². The molecule has 0 amide bonds. The number of hydroxylamine groups is 1. The molecular weight excluding hydrogens is 169 g/mol. The Balaban J connectivity index is 2.92. The van der Waals surface area contributed by atoms with Crippen LogP contribution in [-0.4, -0.2) is 5.21 Å². The zero-order chi connectivity index (χ0) is 9.84. The van der Waals surface area contributed by atoms with Crippen LogP contribution in [0, 0.1) is 5.82 Å². The molecular formula is C10H14FNO. The molecule has 1 aromatic rings. The summed E-state index contributed by atoms with van der Waals surface area (Å²) in [6, 6.07) is 5.01. The first-order valence-electron chi connectivity index (χ1n) is 4.30. The molecule has 0 spiro atoms. The number of hydrogen-bond donors (Lipinski definition) is 2. The lowest BCUT2D eigenvalue weighted by Crippen LogP contribution is -2.06. The average molecular weight is 183 g/mol. The number of halogens is 1. The van der Waals surface area contributed by atoms with Crippen molar-refractivity contribution in [1.82, 2.24) is 5.48 Å². The summed E-state index contributed by atoms with van der Waals surface area (Å²) < 4.78 is 13.3. The lowest BCUT2D eigenvalue weighted by atomic mass is 10.0. The van der Waals surface area contributed by atoms with Crippen molar-refractivity contribution in [2.75, 3.05) is 0 Å². The molecule has 0 saturated heterocycles. The molecule has 0 bridgehead atoms. The van der Waals surface area contributed by atoms with Gasteiger partial charge < -0.3 is 5.21 Å². The van der Waals surface area contributed by atoms with Gasteiger partial charge in [-0.25, -0.2) is 9.87 Å². The van der Waals surface area contributed by atoms with Gasteiger partial charge in [0.25, 0.3) is 0 Å². The third-order valence-corrected chi connectivity index (χ3v) is 1.97. The predicted octanol–water partition coefficient (Wildman–Crippen LogP) is 2.43. The molecule has 0 heterocycles. The van der Waals surface area contributed by atoms with E-state index in [1.165, 1.54) is 6.07 Å². The van der Waals surface area contributed by atoms with Crippen LogP contribution in [0.2, 0.25) is 0 Å². The monoisotopic (exact) mass is 183 g/mol. The van der Waals surface area contributed by atoms with Crippen LogP contribution in [-0.2, 0) is 6.54 Å². The summed E-state index contributed by atoms with van der Waals surface area (Å²) in [4.78, 5) is 0. The Labute approximate surface area is 77.4 Å². The molecule has 2 N–H and O–H groups in total. The van der Waals surface area contributed by atoms with E-state index < -0.39 is 0 Å². The van der Waals surface area contributed by atoms with Crippen LogP contribution in [0.5, 0.6) is 0 Å². The Hall–Kier alpha value is -0.930. The third kappa shape index (κ3) is 2.50. The molecule has 1 aromatic carbocycles. The van der Waals surface area contributed by atoms with E-state index in [9.17, 15) is 4.39 Å². The van der Waals surface area contributed by atoms with Gasteiger partial charge >= 0.3 is 0 Å². The maximum atomic E-state index is 13.3. The second-order valence-electron chi connectivity index (χ2n) is 3.35. The SMILES string of the molecule is CC(C)c1ccc(CNO)cc1F. The molecule has 13 heavy (non-hydrogen) atoms. The van der Waals surface area contributed by atoms with Crippen molar-refractivity contribution in [2.45, 2.75) is 26.3 Å². The Morgan fingerprint density at radius 1 is 1.46 bits per heavy atom. The van der Waals surface area contributed by atoms with Crippen molar-refractivity contribution in [3.63, 3.8) is 0 Å². The molecule has 0 aliphatic carbocycles. The van der Waals surface area contributed by atoms with Gasteiger partial charge in [-0.3, -0.25) is 0 Å². The quantitative estimate of drug-likeness (QED) is 0.705. The normalized spacial score (nSPS) is 10.8. The highest BCUT2D eigenvalue weighted by Gasteiger charge is 2.06. The minimum Gasteiger partial charge on any atom is -0.316 e. The Bertz CT molecular complexity index is 286. The molecule has 0 atom stereocenters. The van der Waals surface area contributed by atoms with Crippen molar-refractivity contribution in [3.8, 4) is 0 Å². The number of nitrogens with one attached hydrogen (secondary N) is 1. The van der Waals surface area contributed by atoms with Crippen molar-refractivity contribution in [2.24, 2.45) is 0 Å². The number of hydrogen-bond acceptors (Lipinski definition) is 2. The highest BCUT2D eigenvalue weighted by Crippen LogP contribution is 2.19. The fourth-order valence-corrected chi connectivity index (χ4v) is 1.24. The first-order chi connectivity index (χ1) is 6.15. The van der Waals surface area contributed by atoms with E-state index >= 15 is 0 Å². The van der Waals surface area contributed by atoms with Crippen LogP contribution in [0.1, 0.15) is 30.9 Å². The van der Waals surface area contributed by atoms with Gasteiger partial charge in [-0.15, -0.1) is 0 Å². The van der Waals surface area contributed by atoms with Gasteiger partial charge in [-0.2, -0.15) is 0 Å². The highest BCUT2D eigenvalue weighted by atomic mass is 19.1. The molecule has 3 heteroatoms. The van der Waals surface area contributed by atoms with E-state index in [0.717, 1.165) is 5.56 Å². The van der Waals surface area contributed by atoms with E-state index in [-0.39, 0.29) is 18.3 Å². The maximum Gasteiger partial charge on any atom is 0.126 e. The second kappa shape index (κ2) is 4.35. The largest absolute Gasteiger partial charge is 0.316 e. The molecule has 2 nitrogen and oxygen atoms in total. The smallest absolute Gasteiger partial charge is 0.126 e.